The van der Waals surface area contributed by atoms with Crippen LogP contribution in [0, 0.1) is 4.77 Å². The van der Waals surface area contributed by atoms with Crippen molar-refractivity contribution in [2.75, 3.05) is 0 Å². The van der Waals surface area contributed by atoms with Crippen LogP contribution in [0.5, 0.6) is 0 Å². The Morgan fingerprint density at radius 2 is 2.23 bits per heavy atom. The van der Waals surface area contributed by atoms with Crippen LogP contribution in [-0.2, 0) is 0 Å². The van der Waals surface area contributed by atoms with Crippen LogP contribution in [-0.4, -0.2) is 21.9 Å². The molecule has 0 aliphatic carbocycles. The molecule has 0 radical (unpaired) electrons. The fourth-order valence-corrected chi connectivity index (χ4v) is 1.48. The molecule has 1 aliphatic heterocycles. The molecule has 0 fully saturated rings. The lowest BCUT2D eigenvalue weighted by molar-refractivity contribution is 0.0943. The van der Waals surface area contributed by atoms with Crippen LogP contribution in [0.2, 0.25) is 0 Å². The molecule has 0 bridgehead atoms. The Morgan fingerprint density at radius 1 is 1.46 bits per heavy atom. The number of rotatable bonds is 0. The SMILES string of the molecule is CC1C=Cc2[nH]c(=S)[nH]c2C(=O)N1. The molecule has 0 aromatic carbocycles. The average molecular weight is 195 g/mol. The molecular weight excluding hydrogens is 186 g/mol. The van der Waals surface area contributed by atoms with Crippen molar-refractivity contribution in [2.24, 2.45) is 0 Å². The summed E-state index contributed by atoms with van der Waals surface area (Å²) in [4.78, 5) is 17.2. The summed E-state index contributed by atoms with van der Waals surface area (Å²) in [6.45, 7) is 1.91. The van der Waals surface area contributed by atoms with Gasteiger partial charge in [-0.1, -0.05) is 6.08 Å². The van der Waals surface area contributed by atoms with Crippen LogP contribution in [0.1, 0.15) is 23.1 Å². The van der Waals surface area contributed by atoms with E-state index >= 15 is 0 Å². The van der Waals surface area contributed by atoms with Gasteiger partial charge >= 0.3 is 0 Å². The number of imidazole rings is 1. The van der Waals surface area contributed by atoms with Gasteiger partial charge in [0.15, 0.2) is 4.77 Å². The highest BCUT2D eigenvalue weighted by Gasteiger charge is 2.16. The molecule has 13 heavy (non-hydrogen) atoms. The summed E-state index contributed by atoms with van der Waals surface area (Å²) in [5.41, 5.74) is 1.25. The number of fused-ring (bicyclic) bond motifs is 1. The monoisotopic (exact) mass is 195 g/mol. The minimum Gasteiger partial charge on any atom is -0.345 e. The Hall–Kier alpha value is -1.36. The minimum absolute atomic E-state index is 0.0512. The molecule has 1 aromatic rings. The molecule has 1 aliphatic rings. The standard InChI is InChI=1S/C8H9N3OS/c1-4-2-3-5-6(7(12)9-4)11-8(13)10-5/h2-4H,1H3,(H,9,12)(H2,10,11,13). The van der Waals surface area contributed by atoms with Gasteiger partial charge in [-0.2, -0.15) is 0 Å². The zero-order chi connectivity index (χ0) is 9.42. The van der Waals surface area contributed by atoms with Crippen molar-refractivity contribution in [3.8, 4) is 0 Å². The van der Waals surface area contributed by atoms with Gasteiger partial charge in [0.25, 0.3) is 5.91 Å². The Bertz CT molecular complexity index is 429. The van der Waals surface area contributed by atoms with Gasteiger partial charge in [-0.15, -0.1) is 0 Å². The number of carbonyl (C=O) groups is 1. The normalized spacial score (nSPS) is 20.7. The third-order valence-corrected chi connectivity index (χ3v) is 2.10. The Morgan fingerprint density at radius 3 is 3.00 bits per heavy atom. The van der Waals surface area contributed by atoms with Crippen LogP contribution in [0.3, 0.4) is 0 Å². The van der Waals surface area contributed by atoms with Crippen LogP contribution in [0.15, 0.2) is 6.08 Å². The summed E-state index contributed by atoms with van der Waals surface area (Å²) in [6.07, 6.45) is 3.76. The molecule has 2 heterocycles. The third kappa shape index (κ3) is 1.42. The number of hydrogen-bond acceptors (Lipinski definition) is 2. The molecule has 1 unspecified atom stereocenters. The maximum Gasteiger partial charge on any atom is 0.270 e. The largest absolute Gasteiger partial charge is 0.345 e. The molecule has 5 heteroatoms. The molecule has 0 saturated heterocycles. The van der Waals surface area contributed by atoms with Gasteiger partial charge in [-0.05, 0) is 25.2 Å². The Labute approximate surface area is 80.1 Å². The fraction of sp³-hybridized carbons (Fsp3) is 0.250. The van der Waals surface area contributed by atoms with Crippen LogP contribution < -0.4 is 5.32 Å². The van der Waals surface area contributed by atoms with E-state index in [1.54, 1.807) is 0 Å². The van der Waals surface area contributed by atoms with E-state index in [1.807, 2.05) is 19.1 Å². The summed E-state index contributed by atoms with van der Waals surface area (Å²) in [7, 11) is 0. The number of aromatic amines is 2. The first-order valence-electron chi connectivity index (χ1n) is 3.98. The summed E-state index contributed by atoms with van der Waals surface area (Å²) in [6, 6.07) is 0.0512. The highest BCUT2D eigenvalue weighted by atomic mass is 32.1. The van der Waals surface area contributed by atoms with Gasteiger partial charge in [0.2, 0.25) is 0 Å². The van der Waals surface area contributed by atoms with Crippen LogP contribution in [0.25, 0.3) is 6.08 Å². The molecule has 0 saturated carbocycles. The Balaban J connectivity index is 2.56. The first-order chi connectivity index (χ1) is 6.16. The topological polar surface area (TPSA) is 60.7 Å². The van der Waals surface area contributed by atoms with Crippen molar-refractivity contribution in [1.29, 1.82) is 0 Å². The van der Waals surface area contributed by atoms with E-state index in [0.717, 1.165) is 5.69 Å². The summed E-state index contributed by atoms with van der Waals surface area (Å²) >= 11 is 4.88. The van der Waals surface area contributed by atoms with Crippen molar-refractivity contribution < 1.29 is 4.79 Å². The van der Waals surface area contributed by atoms with Gasteiger partial charge in [-0.25, -0.2) is 0 Å². The highest BCUT2D eigenvalue weighted by Crippen LogP contribution is 2.10. The molecular formula is C8H9N3OS. The van der Waals surface area contributed by atoms with E-state index in [1.165, 1.54) is 0 Å². The summed E-state index contributed by atoms with van der Waals surface area (Å²) in [5.74, 6) is -0.125. The van der Waals surface area contributed by atoms with E-state index in [9.17, 15) is 4.79 Å². The van der Waals surface area contributed by atoms with Crippen molar-refractivity contribution in [1.82, 2.24) is 15.3 Å². The van der Waals surface area contributed by atoms with Crippen molar-refractivity contribution in [3.05, 3.63) is 22.2 Å². The minimum atomic E-state index is -0.125. The molecule has 1 aromatic heterocycles. The number of aromatic nitrogens is 2. The maximum absolute atomic E-state index is 11.5. The average Bonchev–Trinajstić information content (AvgIpc) is 2.38. The molecule has 1 amide bonds. The fourth-order valence-electron chi connectivity index (χ4n) is 1.27. The van der Waals surface area contributed by atoms with Crippen LogP contribution >= 0.6 is 12.2 Å². The zero-order valence-electron chi connectivity index (χ0n) is 7.05. The van der Waals surface area contributed by atoms with E-state index in [-0.39, 0.29) is 11.9 Å². The van der Waals surface area contributed by atoms with Gasteiger partial charge in [0, 0.05) is 6.04 Å². The second-order valence-electron chi connectivity index (χ2n) is 2.99. The maximum atomic E-state index is 11.5. The van der Waals surface area contributed by atoms with Gasteiger partial charge < -0.3 is 15.3 Å². The predicted octanol–water partition coefficient (Wildman–Crippen LogP) is 1.22. The summed E-state index contributed by atoms with van der Waals surface area (Å²) in [5, 5.41) is 2.79. The lowest BCUT2D eigenvalue weighted by Crippen LogP contribution is -2.30. The van der Waals surface area contributed by atoms with Crippen molar-refractivity contribution in [3.63, 3.8) is 0 Å². The first kappa shape index (κ1) is 8.25. The third-order valence-electron chi connectivity index (χ3n) is 1.89. The molecule has 0 spiro atoms. The second-order valence-corrected chi connectivity index (χ2v) is 3.40. The molecule has 4 nitrogen and oxygen atoms in total. The van der Waals surface area contributed by atoms with E-state index in [0.29, 0.717) is 10.5 Å². The van der Waals surface area contributed by atoms with Crippen molar-refractivity contribution >= 4 is 24.2 Å². The van der Waals surface area contributed by atoms with E-state index in [2.05, 4.69) is 15.3 Å². The first-order valence-corrected chi connectivity index (χ1v) is 4.39. The zero-order valence-corrected chi connectivity index (χ0v) is 7.87. The van der Waals surface area contributed by atoms with E-state index < -0.39 is 0 Å². The molecule has 2 rings (SSSR count). The number of amides is 1. The predicted molar refractivity (Wildman–Crippen MR) is 51.9 cm³/mol. The quantitative estimate of drug-likeness (QED) is 0.545. The molecule has 1 atom stereocenters. The number of nitrogens with one attached hydrogen (secondary N) is 3. The van der Waals surface area contributed by atoms with Gasteiger partial charge in [0.1, 0.15) is 5.69 Å². The smallest absolute Gasteiger partial charge is 0.270 e. The Kier molecular flexibility index (Phi) is 1.81. The number of hydrogen-bond donors (Lipinski definition) is 3. The van der Waals surface area contributed by atoms with Gasteiger partial charge in [0.05, 0.1) is 5.69 Å². The van der Waals surface area contributed by atoms with E-state index in [4.69, 9.17) is 12.2 Å². The molecule has 3 N–H and O–H groups in total. The highest BCUT2D eigenvalue weighted by molar-refractivity contribution is 7.71. The lowest BCUT2D eigenvalue weighted by Gasteiger charge is -2.04. The van der Waals surface area contributed by atoms with Crippen molar-refractivity contribution in [2.45, 2.75) is 13.0 Å². The van der Waals surface area contributed by atoms with Gasteiger partial charge in [-0.3, -0.25) is 4.79 Å². The second kappa shape index (κ2) is 2.85. The number of carbonyl (C=O) groups excluding carboxylic acids is 1. The van der Waals surface area contributed by atoms with Crippen LogP contribution in [0.4, 0.5) is 0 Å². The lowest BCUT2D eigenvalue weighted by atomic mass is 10.3. The number of H-pyrrole nitrogens is 2. The summed E-state index contributed by atoms with van der Waals surface area (Å²) < 4.78 is 0.472. The molecule has 68 valence electrons.